The highest BCUT2D eigenvalue weighted by molar-refractivity contribution is 5.06. The monoisotopic (exact) mass is 333 g/mol. The minimum absolute atomic E-state index is 0.190. The zero-order valence-electron chi connectivity index (χ0n) is 15.1. The van der Waals surface area contributed by atoms with Crippen molar-refractivity contribution in [1.82, 2.24) is 14.8 Å². The van der Waals surface area contributed by atoms with Crippen molar-refractivity contribution in [3.63, 3.8) is 0 Å². The molecule has 0 aliphatic carbocycles. The lowest BCUT2D eigenvalue weighted by molar-refractivity contribution is -0.0452. The summed E-state index contributed by atoms with van der Waals surface area (Å²) < 4.78 is 11.6. The first kappa shape index (κ1) is 17.8. The first-order valence-electron chi connectivity index (χ1n) is 9.19. The van der Waals surface area contributed by atoms with Crippen LogP contribution in [0, 0.1) is 0 Å². The van der Waals surface area contributed by atoms with Crippen molar-refractivity contribution in [2.75, 3.05) is 45.9 Å². The van der Waals surface area contributed by atoms with Crippen LogP contribution in [0.15, 0.2) is 24.5 Å². The molecule has 5 nitrogen and oxygen atoms in total. The molecular formula is C19H31N3O2. The zero-order chi connectivity index (χ0) is 16.8. The third-order valence-electron chi connectivity index (χ3n) is 5.15. The van der Waals surface area contributed by atoms with Crippen LogP contribution in [0.3, 0.4) is 0 Å². The summed E-state index contributed by atoms with van der Waals surface area (Å²) in [5.41, 5.74) is 1.35. The maximum absolute atomic E-state index is 6.14. The van der Waals surface area contributed by atoms with Crippen LogP contribution in [0.2, 0.25) is 0 Å². The van der Waals surface area contributed by atoms with E-state index in [0.717, 1.165) is 51.4 Å². The molecule has 2 fully saturated rings. The van der Waals surface area contributed by atoms with E-state index in [4.69, 9.17) is 9.47 Å². The fraction of sp³-hybridized carbons (Fsp3) is 0.737. The van der Waals surface area contributed by atoms with E-state index < -0.39 is 0 Å². The van der Waals surface area contributed by atoms with Crippen LogP contribution < -0.4 is 0 Å². The van der Waals surface area contributed by atoms with Gasteiger partial charge >= 0.3 is 0 Å². The number of piperidine rings is 1. The summed E-state index contributed by atoms with van der Waals surface area (Å²) in [6.07, 6.45) is 6.41. The van der Waals surface area contributed by atoms with E-state index in [1.165, 1.54) is 13.0 Å². The molecule has 0 bridgehead atoms. The van der Waals surface area contributed by atoms with Gasteiger partial charge in [0, 0.05) is 44.1 Å². The highest BCUT2D eigenvalue weighted by Crippen LogP contribution is 2.22. The maximum Gasteiger partial charge on any atom is 0.0736 e. The molecule has 0 N–H and O–H groups in total. The highest BCUT2D eigenvalue weighted by atomic mass is 16.5. The molecule has 3 heterocycles. The molecule has 0 saturated carbocycles. The number of pyridine rings is 1. The first-order valence-corrected chi connectivity index (χ1v) is 9.19. The standard InChI is InChI=1S/C19H31N3O2/c1-19(2,22-9-11-23-12-10-22)16-21-8-4-6-18(14-21)24-15-17-5-3-7-20-13-17/h3,5,7,13,18H,4,6,8-12,14-16H2,1-2H3/t18-/m0/s1. The lowest BCUT2D eigenvalue weighted by atomic mass is 9.98. The van der Waals surface area contributed by atoms with E-state index in [2.05, 4.69) is 34.7 Å². The minimum atomic E-state index is 0.190. The van der Waals surface area contributed by atoms with E-state index >= 15 is 0 Å². The van der Waals surface area contributed by atoms with Gasteiger partial charge in [0.2, 0.25) is 0 Å². The van der Waals surface area contributed by atoms with Gasteiger partial charge in [0.25, 0.3) is 0 Å². The first-order chi connectivity index (χ1) is 11.6. The fourth-order valence-corrected chi connectivity index (χ4v) is 3.81. The van der Waals surface area contributed by atoms with Crippen molar-refractivity contribution in [2.45, 2.75) is 44.9 Å². The lowest BCUT2D eigenvalue weighted by Crippen LogP contribution is -2.57. The lowest BCUT2D eigenvalue weighted by Gasteiger charge is -2.45. The zero-order valence-corrected chi connectivity index (χ0v) is 15.1. The number of ether oxygens (including phenoxy) is 2. The normalized spacial score (nSPS) is 24.2. The topological polar surface area (TPSA) is 37.8 Å². The molecule has 0 aromatic carbocycles. The van der Waals surface area contributed by atoms with Crippen LogP contribution in [0.5, 0.6) is 0 Å². The molecular weight excluding hydrogens is 302 g/mol. The smallest absolute Gasteiger partial charge is 0.0736 e. The van der Waals surface area contributed by atoms with Crippen molar-refractivity contribution in [2.24, 2.45) is 0 Å². The summed E-state index contributed by atoms with van der Waals surface area (Å²) in [4.78, 5) is 9.30. The molecule has 2 aliphatic heterocycles. The maximum atomic E-state index is 6.14. The summed E-state index contributed by atoms with van der Waals surface area (Å²) >= 11 is 0. The Hall–Kier alpha value is -1.01. The van der Waals surface area contributed by atoms with Crippen LogP contribution >= 0.6 is 0 Å². The Bertz CT molecular complexity index is 489. The summed E-state index contributed by atoms with van der Waals surface area (Å²) in [6, 6.07) is 4.05. The quantitative estimate of drug-likeness (QED) is 0.798. The van der Waals surface area contributed by atoms with Gasteiger partial charge in [-0.2, -0.15) is 0 Å². The number of nitrogens with zero attached hydrogens (tertiary/aromatic N) is 3. The van der Waals surface area contributed by atoms with Gasteiger partial charge in [0.1, 0.15) is 0 Å². The second-order valence-electron chi connectivity index (χ2n) is 7.58. The average molecular weight is 333 g/mol. The summed E-state index contributed by atoms with van der Waals surface area (Å²) in [6.45, 7) is 12.5. The van der Waals surface area contributed by atoms with Crippen LogP contribution in [0.1, 0.15) is 32.3 Å². The van der Waals surface area contributed by atoms with E-state index in [-0.39, 0.29) is 5.54 Å². The molecule has 0 radical (unpaired) electrons. The Labute approximate surface area is 145 Å². The fourth-order valence-electron chi connectivity index (χ4n) is 3.81. The summed E-state index contributed by atoms with van der Waals surface area (Å²) in [7, 11) is 0. The predicted octanol–water partition coefficient (Wildman–Crippen LogP) is 2.17. The highest BCUT2D eigenvalue weighted by Gasteiger charge is 2.32. The molecule has 0 amide bonds. The number of aromatic nitrogens is 1. The minimum Gasteiger partial charge on any atom is -0.379 e. The van der Waals surface area contributed by atoms with Gasteiger partial charge < -0.3 is 9.47 Å². The molecule has 0 unspecified atom stereocenters. The molecule has 1 aromatic rings. The van der Waals surface area contributed by atoms with Crippen molar-refractivity contribution >= 4 is 0 Å². The van der Waals surface area contributed by atoms with Gasteiger partial charge in [-0.25, -0.2) is 0 Å². The van der Waals surface area contributed by atoms with Crippen molar-refractivity contribution in [1.29, 1.82) is 0 Å². The van der Waals surface area contributed by atoms with Crippen molar-refractivity contribution in [3.05, 3.63) is 30.1 Å². The number of morpholine rings is 1. The van der Waals surface area contributed by atoms with Gasteiger partial charge in [-0.3, -0.25) is 14.8 Å². The molecule has 5 heteroatoms. The van der Waals surface area contributed by atoms with Crippen LogP contribution in [0.25, 0.3) is 0 Å². The third-order valence-corrected chi connectivity index (χ3v) is 5.15. The Morgan fingerprint density at radius 3 is 2.88 bits per heavy atom. The van der Waals surface area contributed by atoms with Gasteiger partial charge in [-0.1, -0.05) is 6.07 Å². The molecule has 1 aromatic heterocycles. The number of rotatable bonds is 6. The molecule has 0 spiro atoms. The van der Waals surface area contributed by atoms with Gasteiger partial charge in [-0.05, 0) is 44.9 Å². The SMILES string of the molecule is CC(C)(CN1CCC[C@H](OCc2cccnc2)C1)N1CCOCC1. The Morgan fingerprint density at radius 1 is 1.29 bits per heavy atom. The molecule has 24 heavy (non-hydrogen) atoms. The van der Waals surface area contributed by atoms with Crippen molar-refractivity contribution < 1.29 is 9.47 Å². The largest absolute Gasteiger partial charge is 0.379 e. The van der Waals surface area contributed by atoms with E-state index in [9.17, 15) is 0 Å². The molecule has 2 saturated heterocycles. The van der Waals surface area contributed by atoms with Gasteiger partial charge in [0.05, 0.1) is 25.9 Å². The van der Waals surface area contributed by atoms with Crippen LogP contribution in [0.4, 0.5) is 0 Å². The molecule has 2 aliphatic rings. The number of hydrogen-bond acceptors (Lipinski definition) is 5. The van der Waals surface area contributed by atoms with Gasteiger partial charge in [0.15, 0.2) is 0 Å². The van der Waals surface area contributed by atoms with Crippen LogP contribution in [-0.4, -0.2) is 72.4 Å². The second-order valence-corrected chi connectivity index (χ2v) is 7.58. The van der Waals surface area contributed by atoms with E-state index in [0.29, 0.717) is 12.7 Å². The average Bonchev–Trinajstić information content (AvgIpc) is 2.62. The molecule has 1 atom stereocenters. The van der Waals surface area contributed by atoms with E-state index in [1.54, 1.807) is 6.20 Å². The predicted molar refractivity (Wildman–Crippen MR) is 95.0 cm³/mol. The number of likely N-dealkylation sites (tertiary alicyclic amines) is 1. The molecule has 3 rings (SSSR count). The van der Waals surface area contributed by atoms with Crippen molar-refractivity contribution in [3.8, 4) is 0 Å². The van der Waals surface area contributed by atoms with E-state index in [1.807, 2.05) is 12.3 Å². The van der Waals surface area contributed by atoms with Crippen LogP contribution in [-0.2, 0) is 16.1 Å². The third kappa shape index (κ3) is 4.99. The second kappa shape index (κ2) is 8.39. The number of hydrogen-bond donors (Lipinski definition) is 0. The summed E-state index contributed by atoms with van der Waals surface area (Å²) in [5.74, 6) is 0. The van der Waals surface area contributed by atoms with Gasteiger partial charge in [-0.15, -0.1) is 0 Å². The Morgan fingerprint density at radius 2 is 2.12 bits per heavy atom. The summed E-state index contributed by atoms with van der Waals surface area (Å²) in [5, 5.41) is 0. The Kier molecular flexibility index (Phi) is 6.22. The molecule has 134 valence electrons. The Balaban J connectivity index is 1.47.